The zero-order chi connectivity index (χ0) is 23.1. The molecule has 168 valence electrons. The second kappa shape index (κ2) is 11.0. The minimum atomic E-state index is -1.74. The number of benzene rings is 2. The molecule has 9 heteroatoms. The van der Waals surface area contributed by atoms with Crippen molar-refractivity contribution in [3.05, 3.63) is 52.8 Å². The molecule has 7 nitrogen and oxygen atoms in total. The third-order valence-electron chi connectivity index (χ3n) is 4.52. The van der Waals surface area contributed by atoms with Crippen molar-refractivity contribution < 1.29 is 38.2 Å². The molecule has 31 heavy (non-hydrogen) atoms. The Labute approximate surface area is 181 Å². The van der Waals surface area contributed by atoms with E-state index in [9.17, 15) is 28.4 Å². The minimum absolute atomic E-state index is 0.0191. The van der Waals surface area contributed by atoms with Crippen LogP contribution in [0.25, 0.3) is 0 Å². The van der Waals surface area contributed by atoms with Crippen LogP contribution < -0.4 is 4.74 Å². The first-order valence-corrected chi connectivity index (χ1v) is 11.0. The van der Waals surface area contributed by atoms with Crippen molar-refractivity contribution in [3.8, 4) is 11.5 Å². The molecule has 0 bridgehead atoms. The van der Waals surface area contributed by atoms with Crippen LogP contribution in [0.2, 0.25) is 0 Å². The Morgan fingerprint density at radius 3 is 2.52 bits per heavy atom. The maximum Gasteiger partial charge on any atom is 0.307 e. The third-order valence-corrected chi connectivity index (χ3v) is 5.99. The van der Waals surface area contributed by atoms with Gasteiger partial charge in [0.2, 0.25) is 0 Å². The Morgan fingerprint density at radius 1 is 1.23 bits per heavy atom. The lowest BCUT2D eigenvalue weighted by Crippen LogP contribution is -2.25. The maximum absolute atomic E-state index is 14.0. The summed E-state index contributed by atoms with van der Waals surface area (Å²) >= 11 is 0. The number of phenolic OH excluding ortho intramolecular Hbond substituents is 1. The number of carboxylic acid groups (broad SMARTS) is 1. The second-order valence-corrected chi connectivity index (χ2v) is 8.54. The molecule has 0 amide bonds. The van der Waals surface area contributed by atoms with Gasteiger partial charge in [-0.25, -0.2) is 4.39 Å². The number of carbonyl (C=O) groups is 2. The Morgan fingerprint density at radius 2 is 1.94 bits per heavy atom. The number of phenols is 1. The van der Waals surface area contributed by atoms with Crippen LogP contribution in [0.15, 0.2) is 35.2 Å². The average Bonchev–Trinajstić information content (AvgIpc) is 2.69. The number of carboxylic acids is 1. The number of Topliss-reactive ketones (excluding diaryl/α,β-unsaturated/α-hetero) is 1. The molecular formula is C22H25FO7S. The zero-order valence-corrected chi connectivity index (χ0v) is 18.1. The molecule has 0 heterocycles. The summed E-state index contributed by atoms with van der Waals surface area (Å²) in [5, 5.41) is 29.3. The Balaban J connectivity index is 2.05. The molecule has 0 saturated heterocycles. The van der Waals surface area contributed by atoms with E-state index in [0.717, 1.165) is 6.07 Å². The number of carbonyl (C=O) groups excluding carboxylic acids is 1. The van der Waals surface area contributed by atoms with E-state index in [-0.39, 0.29) is 39.9 Å². The van der Waals surface area contributed by atoms with Gasteiger partial charge in [-0.1, -0.05) is 19.4 Å². The van der Waals surface area contributed by atoms with E-state index in [4.69, 9.17) is 9.84 Å². The first kappa shape index (κ1) is 24.5. The van der Waals surface area contributed by atoms with Gasteiger partial charge in [0.15, 0.2) is 5.78 Å². The quantitative estimate of drug-likeness (QED) is 0.448. The number of aromatic hydroxyl groups is 1. The highest BCUT2D eigenvalue weighted by molar-refractivity contribution is 7.85. The van der Waals surface area contributed by atoms with Crippen LogP contribution in [0.1, 0.15) is 41.8 Å². The number of aliphatic carboxylic acids is 1. The molecule has 0 spiro atoms. The number of halogens is 1. The first-order valence-electron chi connectivity index (χ1n) is 9.69. The Hall–Kier alpha value is -2.78. The van der Waals surface area contributed by atoms with Gasteiger partial charge < -0.3 is 20.1 Å². The maximum atomic E-state index is 14.0. The number of aliphatic hydroxyl groups is 1. The van der Waals surface area contributed by atoms with Crippen LogP contribution in [0.4, 0.5) is 4.39 Å². The van der Waals surface area contributed by atoms with Crippen LogP contribution in [-0.4, -0.2) is 49.7 Å². The van der Waals surface area contributed by atoms with Gasteiger partial charge in [0.05, 0.1) is 34.6 Å². The number of rotatable bonds is 11. The SMILES string of the molecule is CCCc1c(OCC(O)CS(=O)c2ccc(CC(=O)O)c(F)c2)ccc(C(C)=O)c1O. The summed E-state index contributed by atoms with van der Waals surface area (Å²) in [4.78, 5) is 22.5. The van der Waals surface area contributed by atoms with Gasteiger partial charge in [0.1, 0.15) is 23.9 Å². The van der Waals surface area contributed by atoms with Gasteiger partial charge in [0.25, 0.3) is 0 Å². The summed E-state index contributed by atoms with van der Waals surface area (Å²) in [7, 11) is -1.74. The van der Waals surface area contributed by atoms with E-state index >= 15 is 0 Å². The molecular weight excluding hydrogens is 427 g/mol. The number of hydrogen-bond donors (Lipinski definition) is 3. The van der Waals surface area contributed by atoms with E-state index < -0.39 is 35.1 Å². The van der Waals surface area contributed by atoms with E-state index in [1.807, 2.05) is 6.92 Å². The van der Waals surface area contributed by atoms with Gasteiger partial charge in [-0.3, -0.25) is 13.8 Å². The summed E-state index contributed by atoms with van der Waals surface area (Å²) in [6.07, 6.45) is -0.468. The summed E-state index contributed by atoms with van der Waals surface area (Å²) < 4.78 is 32.0. The fourth-order valence-electron chi connectivity index (χ4n) is 3.01. The zero-order valence-electron chi connectivity index (χ0n) is 17.3. The lowest BCUT2D eigenvalue weighted by molar-refractivity contribution is -0.136. The van der Waals surface area contributed by atoms with Crippen LogP contribution in [0, 0.1) is 5.82 Å². The molecule has 3 N–H and O–H groups in total. The summed E-state index contributed by atoms with van der Waals surface area (Å²) in [5.74, 6) is -2.29. The van der Waals surface area contributed by atoms with Crippen molar-refractivity contribution in [2.45, 2.75) is 44.1 Å². The normalized spacial score (nSPS) is 12.9. The Bertz CT molecular complexity index is 990. The van der Waals surface area contributed by atoms with Gasteiger partial charge in [-0.05, 0) is 43.2 Å². The third kappa shape index (κ3) is 6.60. The van der Waals surface area contributed by atoms with E-state index in [1.54, 1.807) is 6.07 Å². The standard InChI is InChI=1S/C22H25FO7S/c1-3-4-18-20(8-7-17(13(2)24)22(18)28)30-11-15(25)12-31(29)16-6-5-14(9-21(26)27)19(23)10-16/h5-8,10,15,25,28H,3-4,9,11-12H2,1-2H3,(H,26,27). The first-order chi connectivity index (χ1) is 14.6. The highest BCUT2D eigenvalue weighted by Crippen LogP contribution is 2.33. The topological polar surface area (TPSA) is 121 Å². The molecule has 0 radical (unpaired) electrons. The van der Waals surface area contributed by atoms with Crippen molar-refractivity contribution in [2.24, 2.45) is 0 Å². The molecule has 2 rings (SSSR count). The fraction of sp³-hybridized carbons (Fsp3) is 0.364. The molecule has 0 aromatic heterocycles. The molecule has 0 aliphatic rings. The predicted octanol–water partition coefficient (Wildman–Crippen LogP) is 2.86. The van der Waals surface area contributed by atoms with Crippen molar-refractivity contribution in [2.75, 3.05) is 12.4 Å². The molecule has 2 aromatic rings. The highest BCUT2D eigenvalue weighted by atomic mass is 32.2. The molecule has 2 atom stereocenters. The van der Waals surface area contributed by atoms with Gasteiger partial charge in [-0.15, -0.1) is 0 Å². The minimum Gasteiger partial charge on any atom is -0.507 e. The van der Waals surface area contributed by atoms with Crippen molar-refractivity contribution in [3.63, 3.8) is 0 Å². The molecule has 0 aliphatic carbocycles. The van der Waals surface area contributed by atoms with Crippen molar-refractivity contribution >= 4 is 22.6 Å². The smallest absolute Gasteiger partial charge is 0.307 e. The average molecular weight is 453 g/mol. The number of aliphatic hydroxyl groups excluding tert-OH is 1. The summed E-state index contributed by atoms with van der Waals surface area (Å²) in [5.41, 5.74) is 0.625. The van der Waals surface area contributed by atoms with Gasteiger partial charge in [-0.2, -0.15) is 0 Å². The van der Waals surface area contributed by atoms with Crippen molar-refractivity contribution in [1.82, 2.24) is 0 Å². The number of hydrogen-bond acceptors (Lipinski definition) is 6. The van der Waals surface area contributed by atoms with E-state index in [2.05, 4.69) is 0 Å². The molecule has 0 aliphatic heterocycles. The van der Waals surface area contributed by atoms with Crippen LogP contribution in [0.5, 0.6) is 11.5 Å². The molecule has 2 aromatic carbocycles. The number of ether oxygens (including phenoxy) is 1. The molecule has 2 unspecified atom stereocenters. The van der Waals surface area contributed by atoms with Crippen molar-refractivity contribution in [1.29, 1.82) is 0 Å². The highest BCUT2D eigenvalue weighted by Gasteiger charge is 2.19. The van der Waals surface area contributed by atoms with E-state index in [0.29, 0.717) is 24.2 Å². The second-order valence-electron chi connectivity index (χ2n) is 7.05. The predicted molar refractivity (Wildman–Crippen MR) is 113 cm³/mol. The van der Waals surface area contributed by atoms with Crippen LogP contribution in [-0.2, 0) is 28.4 Å². The monoisotopic (exact) mass is 452 g/mol. The van der Waals surface area contributed by atoms with Gasteiger partial charge in [0, 0.05) is 10.5 Å². The summed E-state index contributed by atoms with van der Waals surface area (Å²) in [6, 6.07) is 6.61. The lowest BCUT2D eigenvalue weighted by atomic mass is 10.0. The molecule has 0 saturated carbocycles. The largest absolute Gasteiger partial charge is 0.507 e. The van der Waals surface area contributed by atoms with Gasteiger partial charge >= 0.3 is 5.97 Å². The fourth-order valence-corrected chi connectivity index (χ4v) is 4.10. The number of ketones is 1. The Kier molecular flexibility index (Phi) is 8.70. The molecule has 0 fully saturated rings. The van der Waals surface area contributed by atoms with E-state index in [1.165, 1.54) is 25.1 Å². The van der Waals surface area contributed by atoms with Crippen LogP contribution in [0.3, 0.4) is 0 Å². The van der Waals surface area contributed by atoms with Crippen LogP contribution >= 0.6 is 0 Å². The lowest BCUT2D eigenvalue weighted by Gasteiger charge is -2.17. The summed E-state index contributed by atoms with van der Waals surface area (Å²) in [6.45, 7) is 3.03.